The number of rotatable bonds is 2. The van der Waals surface area contributed by atoms with Gasteiger partial charge in [0.2, 0.25) is 5.82 Å². The van der Waals surface area contributed by atoms with Gasteiger partial charge in [0.05, 0.1) is 0 Å². The highest BCUT2D eigenvalue weighted by atomic mass is 16.5. The fraction of sp³-hybridized carbons (Fsp3) is 0.545. The van der Waals surface area contributed by atoms with E-state index in [1.54, 1.807) is 6.92 Å². The number of hydrogen-bond acceptors (Lipinski definition) is 4. The zero-order valence-corrected chi connectivity index (χ0v) is 9.14. The summed E-state index contributed by atoms with van der Waals surface area (Å²) in [5.74, 6) is -0.882. The Morgan fingerprint density at radius 1 is 1.44 bits per heavy atom. The predicted octanol–water partition coefficient (Wildman–Crippen LogP) is 1.38. The van der Waals surface area contributed by atoms with Crippen LogP contribution in [0, 0.1) is 6.92 Å². The number of carboxylic acids is 1. The second kappa shape index (κ2) is 4.57. The maximum Gasteiger partial charge on any atom is 0.373 e. The number of aromatic carboxylic acids is 1. The number of carboxylic acid groups (broad SMARTS) is 1. The first-order valence-corrected chi connectivity index (χ1v) is 5.33. The average molecular weight is 222 g/mol. The van der Waals surface area contributed by atoms with E-state index >= 15 is 0 Å². The largest absolute Gasteiger partial charge is 0.475 e. The first-order chi connectivity index (χ1) is 7.66. The van der Waals surface area contributed by atoms with Gasteiger partial charge in [0.25, 0.3) is 0 Å². The molecule has 0 amide bonds. The Labute approximate surface area is 93.5 Å². The Kier molecular flexibility index (Phi) is 3.14. The molecule has 0 bridgehead atoms. The van der Waals surface area contributed by atoms with Crippen LogP contribution >= 0.6 is 0 Å². The molecule has 1 aromatic heterocycles. The molecule has 5 heteroatoms. The van der Waals surface area contributed by atoms with Crippen molar-refractivity contribution in [2.45, 2.75) is 25.7 Å². The highest BCUT2D eigenvalue weighted by Crippen LogP contribution is 2.25. The van der Waals surface area contributed by atoms with Crippen molar-refractivity contribution in [3.8, 4) is 0 Å². The van der Waals surface area contributed by atoms with Crippen molar-refractivity contribution in [2.24, 2.45) is 0 Å². The SMILES string of the molecule is Cc1cc(C2CCOCC2)nc(C(=O)O)n1. The van der Waals surface area contributed by atoms with Gasteiger partial charge in [0.15, 0.2) is 0 Å². The summed E-state index contributed by atoms with van der Waals surface area (Å²) in [6.45, 7) is 3.23. The molecule has 2 rings (SSSR count). The van der Waals surface area contributed by atoms with Gasteiger partial charge in [-0.25, -0.2) is 14.8 Å². The first-order valence-electron chi connectivity index (χ1n) is 5.33. The lowest BCUT2D eigenvalue weighted by Gasteiger charge is -2.21. The highest BCUT2D eigenvalue weighted by Gasteiger charge is 2.19. The summed E-state index contributed by atoms with van der Waals surface area (Å²) in [5.41, 5.74) is 1.53. The minimum absolute atomic E-state index is 0.110. The lowest BCUT2D eigenvalue weighted by atomic mass is 9.96. The molecule has 0 unspecified atom stereocenters. The smallest absolute Gasteiger partial charge is 0.373 e. The minimum Gasteiger partial charge on any atom is -0.475 e. The van der Waals surface area contributed by atoms with Crippen LogP contribution in [0.5, 0.6) is 0 Å². The maximum atomic E-state index is 10.8. The summed E-state index contributed by atoms with van der Waals surface area (Å²) in [6, 6.07) is 1.86. The third-order valence-corrected chi connectivity index (χ3v) is 2.70. The molecule has 0 aromatic carbocycles. The van der Waals surface area contributed by atoms with E-state index in [2.05, 4.69) is 9.97 Å². The van der Waals surface area contributed by atoms with Gasteiger partial charge in [-0.3, -0.25) is 0 Å². The number of carbonyl (C=O) groups is 1. The van der Waals surface area contributed by atoms with E-state index in [0.717, 1.165) is 31.7 Å². The van der Waals surface area contributed by atoms with Crippen molar-refractivity contribution in [2.75, 3.05) is 13.2 Å². The molecule has 1 aromatic rings. The Hall–Kier alpha value is -1.49. The van der Waals surface area contributed by atoms with Crippen LogP contribution in [0.3, 0.4) is 0 Å². The molecular formula is C11H14N2O3. The number of nitrogens with zero attached hydrogens (tertiary/aromatic N) is 2. The van der Waals surface area contributed by atoms with Crippen LogP contribution in [0.4, 0.5) is 0 Å². The predicted molar refractivity (Wildman–Crippen MR) is 56.5 cm³/mol. The second-order valence-corrected chi connectivity index (χ2v) is 3.95. The molecule has 1 N–H and O–H groups in total. The topological polar surface area (TPSA) is 72.3 Å². The first kappa shape index (κ1) is 11.0. The zero-order valence-electron chi connectivity index (χ0n) is 9.14. The molecule has 1 aliphatic rings. The molecular weight excluding hydrogens is 208 g/mol. The Morgan fingerprint density at radius 3 is 2.75 bits per heavy atom. The van der Waals surface area contributed by atoms with Gasteiger partial charge in [-0.2, -0.15) is 0 Å². The molecule has 16 heavy (non-hydrogen) atoms. The summed E-state index contributed by atoms with van der Waals surface area (Å²) in [4.78, 5) is 18.8. The van der Waals surface area contributed by atoms with E-state index in [0.29, 0.717) is 11.6 Å². The molecule has 2 heterocycles. The average Bonchev–Trinajstić information content (AvgIpc) is 2.29. The maximum absolute atomic E-state index is 10.8. The standard InChI is InChI=1S/C11H14N2O3/c1-7-6-9(8-2-4-16-5-3-8)13-10(12-7)11(14)15/h6,8H,2-5H2,1H3,(H,14,15). The summed E-state index contributed by atoms with van der Waals surface area (Å²) < 4.78 is 5.27. The molecule has 0 saturated carbocycles. The van der Waals surface area contributed by atoms with Crippen LogP contribution in [0.2, 0.25) is 0 Å². The van der Waals surface area contributed by atoms with E-state index in [1.165, 1.54) is 0 Å². The molecule has 0 spiro atoms. The van der Waals surface area contributed by atoms with Crippen molar-refractivity contribution in [3.05, 3.63) is 23.3 Å². The summed E-state index contributed by atoms with van der Waals surface area (Å²) >= 11 is 0. The second-order valence-electron chi connectivity index (χ2n) is 3.95. The van der Waals surface area contributed by atoms with Crippen LogP contribution < -0.4 is 0 Å². The highest BCUT2D eigenvalue weighted by molar-refractivity contribution is 5.83. The lowest BCUT2D eigenvalue weighted by molar-refractivity contribution is 0.0681. The molecule has 1 saturated heterocycles. The van der Waals surface area contributed by atoms with Gasteiger partial charge in [-0.05, 0) is 25.8 Å². The Bertz CT molecular complexity index is 400. The number of hydrogen-bond donors (Lipinski definition) is 1. The van der Waals surface area contributed by atoms with Gasteiger partial charge in [-0.15, -0.1) is 0 Å². The molecule has 0 atom stereocenters. The third-order valence-electron chi connectivity index (χ3n) is 2.70. The number of ether oxygens (including phenoxy) is 1. The normalized spacial score (nSPS) is 17.3. The molecule has 86 valence electrons. The van der Waals surface area contributed by atoms with Gasteiger partial charge < -0.3 is 9.84 Å². The van der Waals surface area contributed by atoms with Crippen molar-refractivity contribution in [3.63, 3.8) is 0 Å². The fourth-order valence-corrected chi connectivity index (χ4v) is 1.89. The Morgan fingerprint density at radius 2 is 2.12 bits per heavy atom. The van der Waals surface area contributed by atoms with E-state index in [4.69, 9.17) is 9.84 Å². The zero-order chi connectivity index (χ0) is 11.5. The van der Waals surface area contributed by atoms with Crippen molar-refractivity contribution >= 4 is 5.97 Å². The van der Waals surface area contributed by atoms with E-state index in [9.17, 15) is 4.79 Å². The summed E-state index contributed by atoms with van der Waals surface area (Å²) in [5, 5.41) is 8.88. The van der Waals surface area contributed by atoms with Crippen LogP contribution in [0.15, 0.2) is 6.07 Å². The van der Waals surface area contributed by atoms with Gasteiger partial charge in [0, 0.05) is 30.5 Å². The third kappa shape index (κ3) is 2.36. The van der Waals surface area contributed by atoms with Gasteiger partial charge >= 0.3 is 5.97 Å². The van der Waals surface area contributed by atoms with Gasteiger partial charge in [-0.1, -0.05) is 0 Å². The van der Waals surface area contributed by atoms with Crippen LogP contribution in [-0.2, 0) is 4.74 Å². The lowest BCUT2D eigenvalue weighted by Crippen LogP contribution is -2.17. The summed E-state index contributed by atoms with van der Waals surface area (Å²) in [6.07, 6.45) is 1.80. The quantitative estimate of drug-likeness (QED) is 0.818. The molecule has 0 radical (unpaired) electrons. The van der Waals surface area contributed by atoms with Crippen molar-refractivity contribution in [1.82, 2.24) is 9.97 Å². The van der Waals surface area contributed by atoms with Crippen molar-refractivity contribution in [1.29, 1.82) is 0 Å². The molecule has 1 fully saturated rings. The number of aromatic nitrogens is 2. The monoisotopic (exact) mass is 222 g/mol. The van der Waals surface area contributed by atoms with Gasteiger partial charge in [0.1, 0.15) is 0 Å². The van der Waals surface area contributed by atoms with E-state index in [1.807, 2.05) is 6.07 Å². The Balaban J connectivity index is 2.28. The van der Waals surface area contributed by atoms with E-state index < -0.39 is 5.97 Å². The van der Waals surface area contributed by atoms with Crippen LogP contribution in [-0.4, -0.2) is 34.3 Å². The van der Waals surface area contributed by atoms with Crippen molar-refractivity contribution < 1.29 is 14.6 Å². The summed E-state index contributed by atoms with van der Waals surface area (Å²) in [7, 11) is 0. The van der Waals surface area contributed by atoms with Crippen LogP contribution in [0.25, 0.3) is 0 Å². The molecule has 0 aliphatic carbocycles. The van der Waals surface area contributed by atoms with Crippen LogP contribution in [0.1, 0.15) is 40.8 Å². The van der Waals surface area contributed by atoms with E-state index in [-0.39, 0.29) is 5.82 Å². The molecule has 1 aliphatic heterocycles. The number of aryl methyl sites for hydroxylation is 1. The minimum atomic E-state index is -1.07. The fourth-order valence-electron chi connectivity index (χ4n) is 1.89. The molecule has 5 nitrogen and oxygen atoms in total.